The molecule has 3 aromatic heterocycles. The number of nitrogens with zero attached hydrogens (tertiary/aromatic N) is 3. The van der Waals surface area contributed by atoms with Crippen molar-refractivity contribution in [2.45, 2.75) is 45.3 Å². The Morgan fingerprint density at radius 3 is 2.63 bits per heavy atom. The van der Waals surface area contributed by atoms with Gasteiger partial charge in [0.1, 0.15) is 11.4 Å². The third-order valence-corrected chi connectivity index (χ3v) is 8.19. The van der Waals surface area contributed by atoms with Crippen LogP contribution in [0, 0.1) is 0 Å². The Labute approximate surface area is 222 Å². The highest BCUT2D eigenvalue weighted by molar-refractivity contribution is 7.19. The van der Waals surface area contributed by atoms with E-state index in [4.69, 9.17) is 39.3 Å². The van der Waals surface area contributed by atoms with Gasteiger partial charge in [-0.1, -0.05) is 40.0 Å². The number of hydrogen-bond donors (Lipinski definition) is 1. The first-order valence-electron chi connectivity index (χ1n) is 11.5. The number of fused-ring (bicyclic) bond motifs is 1. The number of hydrogen-bond acceptors (Lipinski definition) is 5. The lowest BCUT2D eigenvalue weighted by molar-refractivity contribution is 0.0892. The molecule has 1 fully saturated rings. The van der Waals surface area contributed by atoms with E-state index in [0.29, 0.717) is 44.1 Å². The molecule has 1 aliphatic rings. The average Bonchev–Trinajstić information content (AvgIpc) is 3.53. The summed E-state index contributed by atoms with van der Waals surface area (Å²) in [6.07, 6.45) is 1.85. The fourth-order valence-corrected chi connectivity index (χ4v) is 6.21. The molecule has 1 aliphatic heterocycles. The summed E-state index contributed by atoms with van der Waals surface area (Å²) >= 11 is 20.3. The summed E-state index contributed by atoms with van der Waals surface area (Å²) in [5, 5.41) is 9.26. The number of carbonyl (C=O) groups is 1. The van der Waals surface area contributed by atoms with E-state index in [2.05, 4.69) is 29.2 Å². The monoisotopic (exact) mass is 550 g/mol. The van der Waals surface area contributed by atoms with E-state index in [-0.39, 0.29) is 11.9 Å². The summed E-state index contributed by atoms with van der Waals surface area (Å²) in [6.45, 7) is 6.67. The number of aromatic nitrogens is 2. The predicted octanol–water partition coefficient (Wildman–Crippen LogP) is 6.97. The number of benzene rings is 1. The van der Waals surface area contributed by atoms with Crippen LogP contribution in [-0.2, 0) is 6.54 Å². The van der Waals surface area contributed by atoms with Gasteiger partial charge >= 0.3 is 0 Å². The Kier molecular flexibility index (Phi) is 7.15. The molecule has 0 unspecified atom stereocenters. The zero-order valence-corrected chi connectivity index (χ0v) is 22.4. The number of halogens is 3. The van der Waals surface area contributed by atoms with Crippen molar-refractivity contribution in [3.63, 3.8) is 0 Å². The molecule has 1 amide bonds. The van der Waals surface area contributed by atoms with Crippen LogP contribution in [0.3, 0.4) is 0 Å². The SMILES string of the molecule is CC(C)N1CCC(NC(=O)c2cc3cc(Cl)cc(Cl)c3n2Cc2cc(-c3ccc(Cl)s3)on2)CC1. The average molecular weight is 552 g/mol. The lowest BCUT2D eigenvalue weighted by Gasteiger charge is -2.34. The summed E-state index contributed by atoms with van der Waals surface area (Å²) in [4.78, 5) is 16.8. The topological polar surface area (TPSA) is 63.3 Å². The molecular weight excluding hydrogens is 527 g/mol. The highest BCUT2D eigenvalue weighted by Gasteiger charge is 2.25. The molecule has 0 atom stereocenters. The predicted molar refractivity (Wildman–Crippen MR) is 143 cm³/mol. The third-order valence-electron chi connectivity index (χ3n) is 6.43. The molecule has 10 heteroatoms. The number of rotatable bonds is 6. The van der Waals surface area contributed by atoms with Crippen molar-refractivity contribution in [1.29, 1.82) is 0 Å². The molecule has 6 nitrogen and oxygen atoms in total. The number of piperidine rings is 1. The summed E-state index contributed by atoms with van der Waals surface area (Å²) in [6, 6.07) is 11.6. The van der Waals surface area contributed by atoms with Crippen LogP contribution in [-0.4, -0.2) is 45.7 Å². The van der Waals surface area contributed by atoms with Gasteiger partial charge in [0.25, 0.3) is 5.91 Å². The zero-order chi connectivity index (χ0) is 24.7. The van der Waals surface area contributed by atoms with E-state index in [0.717, 1.165) is 41.7 Å². The molecule has 4 aromatic rings. The summed E-state index contributed by atoms with van der Waals surface area (Å²) in [5.41, 5.74) is 1.92. The van der Waals surface area contributed by atoms with Crippen LogP contribution < -0.4 is 5.32 Å². The van der Waals surface area contributed by atoms with Crippen LogP contribution in [0.15, 0.2) is 40.9 Å². The van der Waals surface area contributed by atoms with E-state index in [1.165, 1.54) is 11.3 Å². The molecule has 1 saturated heterocycles. The highest BCUT2D eigenvalue weighted by Crippen LogP contribution is 2.34. The van der Waals surface area contributed by atoms with Crippen LogP contribution in [0.1, 0.15) is 42.9 Å². The molecule has 0 saturated carbocycles. The minimum atomic E-state index is -0.134. The molecular formula is C25H25Cl3N4O2S. The van der Waals surface area contributed by atoms with Crippen molar-refractivity contribution in [2.75, 3.05) is 13.1 Å². The Balaban J connectivity index is 1.44. The second-order valence-corrected chi connectivity index (χ2v) is 11.7. The van der Waals surface area contributed by atoms with Crippen molar-refractivity contribution >= 4 is 62.9 Å². The Bertz CT molecular complexity index is 1370. The van der Waals surface area contributed by atoms with E-state index in [1.54, 1.807) is 6.07 Å². The molecule has 4 heterocycles. The van der Waals surface area contributed by atoms with Crippen LogP contribution in [0.5, 0.6) is 0 Å². The van der Waals surface area contributed by atoms with Gasteiger partial charge < -0.3 is 19.3 Å². The maximum atomic E-state index is 13.5. The molecule has 0 radical (unpaired) electrons. The van der Waals surface area contributed by atoms with E-state index in [1.807, 2.05) is 34.9 Å². The van der Waals surface area contributed by atoms with Crippen molar-refractivity contribution in [3.05, 3.63) is 62.2 Å². The molecule has 0 aliphatic carbocycles. The maximum Gasteiger partial charge on any atom is 0.268 e. The number of thiophene rings is 1. The minimum Gasteiger partial charge on any atom is -0.355 e. The van der Waals surface area contributed by atoms with Gasteiger partial charge in [-0.2, -0.15) is 0 Å². The Morgan fingerprint density at radius 2 is 1.94 bits per heavy atom. The first kappa shape index (κ1) is 24.7. The summed E-state index contributed by atoms with van der Waals surface area (Å²) in [7, 11) is 0. The van der Waals surface area contributed by atoms with Gasteiger partial charge in [-0.25, -0.2) is 0 Å². The van der Waals surface area contributed by atoms with Gasteiger partial charge in [-0.3, -0.25) is 4.79 Å². The molecule has 1 aromatic carbocycles. The lowest BCUT2D eigenvalue weighted by atomic mass is 10.0. The van der Waals surface area contributed by atoms with Crippen LogP contribution in [0.25, 0.3) is 21.5 Å². The number of nitrogens with one attached hydrogen (secondary N) is 1. The normalized spacial score (nSPS) is 15.4. The van der Waals surface area contributed by atoms with Gasteiger partial charge in [0.05, 0.1) is 26.3 Å². The minimum absolute atomic E-state index is 0.130. The standard InChI is InChI=1S/C25H25Cl3N4O2S/c1-14(2)31-7-5-17(6-8-31)29-25(33)20-10-15-9-16(26)11-19(27)24(15)32(20)13-18-12-21(34-30-18)22-3-4-23(28)35-22/h3-4,9-12,14,17H,5-8,13H2,1-2H3,(H,29,33). The maximum absolute atomic E-state index is 13.5. The number of amides is 1. The van der Waals surface area contributed by atoms with Gasteiger partial charge in [-0.05, 0) is 57.0 Å². The second kappa shape index (κ2) is 10.1. The fourth-order valence-electron chi connectivity index (χ4n) is 4.61. The lowest BCUT2D eigenvalue weighted by Crippen LogP contribution is -2.46. The largest absolute Gasteiger partial charge is 0.355 e. The Morgan fingerprint density at radius 1 is 1.17 bits per heavy atom. The van der Waals surface area contributed by atoms with Crippen LogP contribution in [0.2, 0.25) is 14.4 Å². The molecule has 5 rings (SSSR count). The third kappa shape index (κ3) is 5.25. The Hall–Kier alpha value is -2.03. The molecule has 35 heavy (non-hydrogen) atoms. The second-order valence-electron chi connectivity index (χ2n) is 9.10. The van der Waals surface area contributed by atoms with Crippen molar-refractivity contribution in [1.82, 2.24) is 19.9 Å². The molecule has 1 N–H and O–H groups in total. The number of likely N-dealkylation sites (tertiary alicyclic amines) is 1. The fraction of sp³-hybridized carbons (Fsp3) is 0.360. The molecule has 0 spiro atoms. The van der Waals surface area contributed by atoms with E-state index >= 15 is 0 Å². The summed E-state index contributed by atoms with van der Waals surface area (Å²) < 4.78 is 8.12. The van der Waals surface area contributed by atoms with Crippen LogP contribution in [0.4, 0.5) is 0 Å². The molecule has 184 valence electrons. The van der Waals surface area contributed by atoms with Gasteiger partial charge in [-0.15, -0.1) is 11.3 Å². The van der Waals surface area contributed by atoms with Gasteiger partial charge in [0, 0.05) is 41.6 Å². The van der Waals surface area contributed by atoms with Gasteiger partial charge in [0.2, 0.25) is 0 Å². The number of carbonyl (C=O) groups excluding carboxylic acids is 1. The van der Waals surface area contributed by atoms with E-state index in [9.17, 15) is 4.79 Å². The summed E-state index contributed by atoms with van der Waals surface area (Å²) in [5.74, 6) is 0.496. The van der Waals surface area contributed by atoms with Gasteiger partial charge in [0.15, 0.2) is 5.76 Å². The smallest absolute Gasteiger partial charge is 0.268 e. The quantitative estimate of drug-likeness (QED) is 0.281. The van der Waals surface area contributed by atoms with Crippen LogP contribution >= 0.6 is 46.1 Å². The first-order chi connectivity index (χ1) is 16.8. The zero-order valence-electron chi connectivity index (χ0n) is 19.4. The van der Waals surface area contributed by atoms with Crippen molar-refractivity contribution < 1.29 is 9.32 Å². The van der Waals surface area contributed by atoms with E-state index < -0.39 is 0 Å². The van der Waals surface area contributed by atoms with Crippen molar-refractivity contribution in [2.24, 2.45) is 0 Å². The molecule has 0 bridgehead atoms. The highest BCUT2D eigenvalue weighted by atomic mass is 35.5. The van der Waals surface area contributed by atoms with Crippen molar-refractivity contribution in [3.8, 4) is 10.6 Å². The first-order valence-corrected chi connectivity index (χ1v) is 13.5.